The highest BCUT2D eigenvalue weighted by Gasteiger charge is 2.20. The third-order valence-corrected chi connectivity index (χ3v) is 9.13. The van der Waals surface area contributed by atoms with Crippen molar-refractivity contribution < 1.29 is 8.83 Å². The Hall–Kier alpha value is -6.92. The molecule has 234 valence electrons. The number of fused-ring (bicyclic) bond motifs is 6. The zero-order chi connectivity index (χ0) is 33.0. The van der Waals surface area contributed by atoms with Gasteiger partial charge in [0, 0.05) is 33.0 Å². The van der Waals surface area contributed by atoms with Crippen LogP contribution in [0.2, 0.25) is 0 Å². The van der Waals surface area contributed by atoms with E-state index in [4.69, 9.17) is 28.8 Å². The SMILES string of the molecule is c1ccc(-c2nc3oc4ccccc4c3nc2-c2cccc(-c3cccc(-c4nc5c(nc4-c4ccccc4)oc4ccccc45)c3)c2)cc1. The number of aromatic nitrogens is 4. The summed E-state index contributed by atoms with van der Waals surface area (Å²) in [4.78, 5) is 20.5. The van der Waals surface area contributed by atoms with Gasteiger partial charge in [-0.05, 0) is 47.5 Å². The summed E-state index contributed by atoms with van der Waals surface area (Å²) in [6.45, 7) is 0. The van der Waals surface area contributed by atoms with Crippen LogP contribution in [0.25, 0.3) is 101 Å². The highest BCUT2D eigenvalue weighted by Crippen LogP contribution is 2.38. The Morgan fingerprint density at radius 1 is 0.300 bits per heavy atom. The second-order valence-electron chi connectivity index (χ2n) is 12.2. The smallest absolute Gasteiger partial charge is 0.246 e. The maximum Gasteiger partial charge on any atom is 0.246 e. The molecule has 0 aliphatic rings. The lowest BCUT2D eigenvalue weighted by Crippen LogP contribution is -1.95. The summed E-state index contributed by atoms with van der Waals surface area (Å²) in [5.74, 6) is 0. The van der Waals surface area contributed by atoms with Gasteiger partial charge in [-0.15, -0.1) is 0 Å². The number of hydrogen-bond acceptors (Lipinski definition) is 6. The van der Waals surface area contributed by atoms with Gasteiger partial charge in [-0.3, -0.25) is 0 Å². The maximum atomic E-state index is 6.15. The molecule has 0 atom stereocenters. The normalized spacial score (nSPS) is 11.6. The summed E-state index contributed by atoms with van der Waals surface area (Å²) in [6.07, 6.45) is 0. The molecule has 0 aliphatic heterocycles. The lowest BCUT2D eigenvalue weighted by Gasteiger charge is -2.12. The molecule has 10 rings (SSSR count). The standard InChI is InChI=1S/C44H26N4O2/c1-3-13-27(14-4-1)37-39(45-41-33-21-7-9-23-35(33)49-43(41)47-37)31-19-11-17-29(25-31)30-18-12-20-32(26-30)40-38(28-15-5-2-6-16-28)48-44-42(46-40)34-22-8-10-24-36(34)50-44/h1-26H. The zero-order valence-electron chi connectivity index (χ0n) is 26.6. The first-order chi connectivity index (χ1) is 24.8. The van der Waals surface area contributed by atoms with E-state index in [1.54, 1.807) is 0 Å². The highest BCUT2D eigenvalue weighted by molar-refractivity contribution is 6.04. The molecular weight excluding hydrogens is 617 g/mol. The number of para-hydroxylation sites is 2. The molecule has 0 aliphatic carbocycles. The Balaban J connectivity index is 1.14. The van der Waals surface area contributed by atoms with Crippen molar-refractivity contribution in [2.75, 3.05) is 0 Å². The van der Waals surface area contributed by atoms with Gasteiger partial charge in [0.25, 0.3) is 0 Å². The quantitative estimate of drug-likeness (QED) is 0.186. The predicted octanol–water partition coefficient (Wildman–Crippen LogP) is 11.4. The predicted molar refractivity (Wildman–Crippen MR) is 199 cm³/mol. The average Bonchev–Trinajstić information content (AvgIpc) is 3.75. The molecule has 0 bridgehead atoms. The van der Waals surface area contributed by atoms with Crippen LogP contribution in [0.5, 0.6) is 0 Å². The van der Waals surface area contributed by atoms with Crippen LogP contribution in [-0.2, 0) is 0 Å². The van der Waals surface area contributed by atoms with Gasteiger partial charge >= 0.3 is 0 Å². The van der Waals surface area contributed by atoms with Crippen LogP contribution in [0.15, 0.2) is 167 Å². The van der Waals surface area contributed by atoms with Crippen molar-refractivity contribution >= 4 is 44.4 Å². The minimum absolute atomic E-state index is 0.523. The molecule has 0 fully saturated rings. The summed E-state index contributed by atoms with van der Waals surface area (Å²) >= 11 is 0. The van der Waals surface area contributed by atoms with Crippen LogP contribution < -0.4 is 0 Å². The van der Waals surface area contributed by atoms with Crippen molar-refractivity contribution in [2.45, 2.75) is 0 Å². The van der Waals surface area contributed by atoms with Crippen LogP contribution in [0.4, 0.5) is 0 Å². The number of nitrogens with zero attached hydrogens (tertiary/aromatic N) is 4. The van der Waals surface area contributed by atoms with Crippen molar-refractivity contribution in [1.82, 2.24) is 19.9 Å². The Bertz CT molecular complexity index is 2680. The van der Waals surface area contributed by atoms with Crippen LogP contribution in [0.3, 0.4) is 0 Å². The zero-order valence-corrected chi connectivity index (χ0v) is 26.6. The van der Waals surface area contributed by atoms with Gasteiger partial charge < -0.3 is 8.83 Å². The lowest BCUT2D eigenvalue weighted by atomic mass is 9.96. The van der Waals surface area contributed by atoms with Crippen molar-refractivity contribution in [3.05, 3.63) is 158 Å². The topological polar surface area (TPSA) is 77.8 Å². The molecule has 0 radical (unpaired) electrons. The highest BCUT2D eigenvalue weighted by atomic mass is 16.3. The van der Waals surface area contributed by atoms with E-state index >= 15 is 0 Å². The lowest BCUT2D eigenvalue weighted by molar-refractivity contribution is 0.653. The summed E-state index contributed by atoms with van der Waals surface area (Å²) in [6, 6.07) is 53.1. The van der Waals surface area contributed by atoms with Gasteiger partial charge in [-0.2, -0.15) is 0 Å². The summed E-state index contributed by atoms with van der Waals surface area (Å²) in [5.41, 5.74) is 13.2. The van der Waals surface area contributed by atoms with E-state index in [1.807, 2.05) is 84.9 Å². The molecule has 50 heavy (non-hydrogen) atoms. The third kappa shape index (κ3) is 4.65. The molecule has 6 heteroatoms. The summed E-state index contributed by atoms with van der Waals surface area (Å²) in [5, 5.41) is 1.88. The minimum Gasteiger partial charge on any atom is -0.436 e. The Morgan fingerprint density at radius 2 is 0.660 bits per heavy atom. The fourth-order valence-electron chi connectivity index (χ4n) is 6.73. The van der Waals surface area contributed by atoms with Crippen molar-refractivity contribution in [2.24, 2.45) is 0 Å². The van der Waals surface area contributed by atoms with Gasteiger partial charge in [0.05, 0.1) is 11.4 Å². The first-order valence-corrected chi connectivity index (χ1v) is 16.5. The number of rotatable bonds is 5. The molecule has 10 aromatic rings. The number of hydrogen-bond donors (Lipinski definition) is 0. The van der Waals surface area contributed by atoms with Crippen molar-refractivity contribution in [1.29, 1.82) is 0 Å². The van der Waals surface area contributed by atoms with E-state index in [2.05, 4.69) is 72.8 Å². The van der Waals surface area contributed by atoms with E-state index < -0.39 is 0 Å². The average molecular weight is 643 g/mol. The second-order valence-corrected chi connectivity index (χ2v) is 12.2. The van der Waals surface area contributed by atoms with Gasteiger partial charge in [-0.1, -0.05) is 121 Å². The summed E-state index contributed by atoms with van der Waals surface area (Å²) in [7, 11) is 0. The van der Waals surface area contributed by atoms with Gasteiger partial charge in [0.15, 0.2) is 0 Å². The van der Waals surface area contributed by atoms with Gasteiger partial charge in [-0.25, -0.2) is 19.9 Å². The molecule has 0 amide bonds. The largest absolute Gasteiger partial charge is 0.436 e. The molecule has 4 aromatic heterocycles. The molecule has 0 spiro atoms. The van der Waals surface area contributed by atoms with E-state index in [1.165, 1.54) is 0 Å². The second kappa shape index (κ2) is 11.4. The molecular formula is C44H26N4O2. The first kappa shape index (κ1) is 28.1. The van der Waals surface area contributed by atoms with Crippen LogP contribution in [0.1, 0.15) is 0 Å². The fraction of sp³-hybridized carbons (Fsp3) is 0. The van der Waals surface area contributed by atoms with E-state index in [-0.39, 0.29) is 0 Å². The van der Waals surface area contributed by atoms with Crippen LogP contribution in [-0.4, -0.2) is 19.9 Å². The van der Waals surface area contributed by atoms with Gasteiger partial charge in [0.1, 0.15) is 33.6 Å². The van der Waals surface area contributed by atoms with E-state index in [0.717, 1.165) is 89.1 Å². The van der Waals surface area contributed by atoms with Crippen LogP contribution in [0, 0.1) is 0 Å². The molecule has 6 nitrogen and oxygen atoms in total. The fourth-order valence-corrected chi connectivity index (χ4v) is 6.73. The molecule has 0 saturated carbocycles. The minimum atomic E-state index is 0.523. The summed E-state index contributed by atoms with van der Waals surface area (Å²) < 4.78 is 12.3. The molecule has 6 aromatic carbocycles. The molecule has 4 heterocycles. The third-order valence-electron chi connectivity index (χ3n) is 9.13. The first-order valence-electron chi connectivity index (χ1n) is 16.5. The van der Waals surface area contributed by atoms with Crippen LogP contribution >= 0.6 is 0 Å². The number of furan rings is 2. The molecule has 0 unspecified atom stereocenters. The van der Waals surface area contributed by atoms with E-state index in [0.29, 0.717) is 11.4 Å². The molecule has 0 saturated heterocycles. The Morgan fingerprint density at radius 3 is 1.12 bits per heavy atom. The van der Waals surface area contributed by atoms with Crippen molar-refractivity contribution in [3.8, 4) is 56.2 Å². The molecule has 0 N–H and O–H groups in total. The van der Waals surface area contributed by atoms with E-state index in [9.17, 15) is 0 Å². The Kier molecular flexibility index (Phi) is 6.39. The number of benzene rings is 6. The maximum absolute atomic E-state index is 6.15. The van der Waals surface area contributed by atoms with Gasteiger partial charge in [0.2, 0.25) is 11.4 Å². The van der Waals surface area contributed by atoms with Crippen molar-refractivity contribution in [3.63, 3.8) is 0 Å². The Labute approximate surface area is 286 Å². The monoisotopic (exact) mass is 642 g/mol.